The van der Waals surface area contributed by atoms with Crippen LogP contribution in [0.5, 0.6) is 0 Å². The van der Waals surface area contributed by atoms with Crippen molar-refractivity contribution in [3.05, 3.63) is 68.9 Å². The summed E-state index contributed by atoms with van der Waals surface area (Å²) >= 11 is 0. The van der Waals surface area contributed by atoms with Gasteiger partial charge >= 0.3 is 5.69 Å². The molecule has 1 aromatic carbocycles. The molecule has 0 aliphatic carbocycles. The first kappa shape index (κ1) is 15.8. The van der Waals surface area contributed by atoms with Crippen LogP contribution < -0.4 is 16.6 Å². The molecule has 3 aromatic rings. The van der Waals surface area contributed by atoms with Crippen LogP contribution in [0, 0.1) is 6.92 Å². The molecule has 2 aromatic heterocycles. The predicted octanol–water partition coefficient (Wildman–Crippen LogP) is 1.38. The number of fused-ring (bicyclic) bond motifs is 1. The van der Waals surface area contributed by atoms with Gasteiger partial charge in [0.2, 0.25) is 5.95 Å². The van der Waals surface area contributed by atoms with Crippen molar-refractivity contribution in [2.45, 2.75) is 13.5 Å². The van der Waals surface area contributed by atoms with Crippen molar-refractivity contribution in [3.63, 3.8) is 0 Å². The van der Waals surface area contributed by atoms with Crippen LogP contribution in [0.25, 0.3) is 11.2 Å². The molecule has 124 valence electrons. The Balaban J connectivity index is 2.25. The Morgan fingerprint density at radius 2 is 2.08 bits per heavy atom. The number of imidazole rings is 1. The molecule has 0 fully saturated rings. The molecule has 3 rings (SSSR count). The molecule has 2 heterocycles. The number of nitrogens with one attached hydrogen (secondary N) is 2. The standard InChI is InChI=1S/C17H19N5O2/c1-4-9-18-16-19-14-13(15(23)20-17(24)21(14)3)22(16)10-12-8-6-5-7-11(12)2/h4-8H,1,9-10H2,2-3H3,(H,18,19)(H,20,23,24). The van der Waals surface area contributed by atoms with Gasteiger partial charge in [-0.2, -0.15) is 4.98 Å². The van der Waals surface area contributed by atoms with E-state index >= 15 is 0 Å². The normalized spacial score (nSPS) is 10.9. The summed E-state index contributed by atoms with van der Waals surface area (Å²) in [5.41, 5.74) is 1.99. The van der Waals surface area contributed by atoms with Crippen LogP contribution in [0.3, 0.4) is 0 Å². The predicted molar refractivity (Wildman–Crippen MR) is 94.6 cm³/mol. The monoisotopic (exact) mass is 325 g/mol. The zero-order valence-electron chi connectivity index (χ0n) is 13.7. The van der Waals surface area contributed by atoms with Crippen molar-refractivity contribution in [2.75, 3.05) is 11.9 Å². The third-order valence-corrected chi connectivity index (χ3v) is 4.00. The van der Waals surface area contributed by atoms with Crippen LogP contribution in [0.2, 0.25) is 0 Å². The lowest BCUT2D eigenvalue weighted by atomic mass is 10.1. The third kappa shape index (κ3) is 2.64. The minimum atomic E-state index is -0.483. The summed E-state index contributed by atoms with van der Waals surface area (Å²) < 4.78 is 3.13. The first-order chi connectivity index (χ1) is 11.5. The lowest BCUT2D eigenvalue weighted by molar-refractivity contribution is 0.805. The first-order valence-electron chi connectivity index (χ1n) is 7.61. The molecule has 0 aliphatic rings. The van der Waals surface area contributed by atoms with E-state index in [2.05, 4.69) is 21.9 Å². The second-order valence-electron chi connectivity index (χ2n) is 5.61. The summed E-state index contributed by atoms with van der Waals surface area (Å²) in [5, 5.41) is 3.13. The van der Waals surface area contributed by atoms with E-state index in [1.54, 1.807) is 17.7 Å². The molecule has 0 bridgehead atoms. The Bertz CT molecular complexity index is 1030. The molecule has 2 N–H and O–H groups in total. The van der Waals surface area contributed by atoms with Crippen molar-refractivity contribution < 1.29 is 0 Å². The Hall–Kier alpha value is -3.09. The van der Waals surface area contributed by atoms with Gasteiger partial charge in [0.25, 0.3) is 5.56 Å². The molecule has 0 spiro atoms. The fraction of sp³-hybridized carbons (Fsp3) is 0.235. The number of benzene rings is 1. The van der Waals surface area contributed by atoms with E-state index in [1.807, 2.05) is 31.2 Å². The molecule has 0 radical (unpaired) electrons. The molecule has 0 atom stereocenters. The van der Waals surface area contributed by atoms with E-state index < -0.39 is 11.2 Å². The van der Waals surface area contributed by atoms with E-state index in [-0.39, 0.29) is 0 Å². The quantitative estimate of drug-likeness (QED) is 0.694. The Morgan fingerprint density at radius 1 is 1.33 bits per heavy atom. The van der Waals surface area contributed by atoms with Gasteiger partial charge in [0, 0.05) is 13.6 Å². The minimum absolute atomic E-state index is 0.351. The molecule has 0 saturated carbocycles. The van der Waals surface area contributed by atoms with E-state index in [0.29, 0.717) is 30.2 Å². The van der Waals surface area contributed by atoms with Gasteiger partial charge in [-0.05, 0) is 18.1 Å². The number of rotatable bonds is 5. The topological polar surface area (TPSA) is 84.7 Å². The van der Waals surface area contributed by atoms with Crippen molar-refractivity contribution >= 4 is 17.1 Å². The fourth-order valence-electron chi connectivity index (χ4n) is 2.64. The molecular weight excluding hydrogens is 306 g/mol. The number of hydrogen-bond acceptors (Lipinski definition) is 4. The number of anilines is 1. The lowest BCUT2D eigenvalue weighted by Gasteiger charge is -2.11. The molecule has 7 heteroatoms. The van der Waals surface area contributed by atoms with Gasteiger partial charge in [0.15, 0.2) is 11.2 Å². The molecule has 0 saturated heterocycles. The molecule has 0 unspecified atom stereocenters. The summed E-state index contributed by atoms with van der Waals surface area (Å²) in [4.78, 5) is 31.0. The maximum Gasteiger partial charge on any atom is 0.329 e. The smallest absolute Gasteiger partial charge is 0.329 e. The lowest BCUT2D eigenvalue weighted by Crippen LogP contribution is -2.29. The van der Waals surface area contributed by atoms with Gasteiger partial charge in [0.05, 0.1) is 6.54 Å². The van der Waals surface area contributed by atoms with Crippen molar-refractivity contribution in [3.8, 4) is 0 Å². The van der Waals surface area contributed by atoms with Crippen LogP contribution in [0.1, 0.15) is 11.1 Å². The Labute approximate surface area is 138 Å². The van der Waals surface area contributed by atoms with Crippen molar-refractivity contribution in [2.24, 2.45) is 7.05 Å². The molecule has 0 aliphatic heterocycles. The minimum Gasteiger partial charge on any atom is -0.352 e. The van der Waals surface area contributed by atoms with E-state index in [0.717, 1.165) is 11.1 Å². The van der Waals surface area contributed by atoms with E-state index in [9.17, 15) is 9.59 Å². The molecule has 0 amide bonds. The summed E-state index contributed by atoms with van der Waals surface area (Å²) in [6.45, 7) is 6.68. The van der Waals surface area contributed by atoms with E-state index in [1.165, 1.54) is 4.57 Å². The van der Waals surface area contributed by atoms with Crippen molar-refractivity contribution in [1.82, 2.24) is 19.1 Å². The average Bonchev–Trinajstić information content (AvgIpc) is 2.92. The van der Waals surface area contributed by atoms with Gasteiger partial charge in [-0.3, -0.25) is 18.9 Å². The van der Waals surface area contributed by atoms with Gasteiger partial charge < -0.3 is 5.32 Å². The van der Waals surface area contributed by atoms with Crippen LogP contribution in [0.4, 0.5) is 5.95 Å². The van der Waals surface area contributed by atoms with Gasteiger partial charge in [-0.1, -0.05) is 30.3 Å². The average molecular weight is 325 g/mol. The van der Waals surface area contributed by atoms with Crippen LogP contribution in [-0.4, -0.2) is 25.6 Å². The second kappa shape index (κ2) is 6.19. The zero-order valence-corrected chi connectivity index (χ0v) is 13.7. The number of hydrogen-bond donors (Lipinski definition) is 2. The first-order valence-corrected chi connectivity index (χ1v) is 7.61. The van der Waals surface area contributed by atoms with Crippen LogP contribution in [-0.2, 0) is 13.6 Å². The van der Waals surface area contributed by atoms with Gasteiger partial charge in [-0.25, -0.2) is 4.79 Å². The summed E-state index contributed by atoms with van der Waals surface area (Å²) in [5.74, 6) is 0.528. The zero-order chi connectivity index (χ0) is 17.3. The van der Waals surface area contributed by atoms with Crippen LogP contribution >= 0.6 is 0 Å². The van der Waals surface area contributed by atoms with Crippen molar-refractivity contribution in [1.29, 1.82) is 0 Å². The second-order valence-corrected chi connectivity index (χ2v) is 5.61. The highest BCUT2D eigenvalue weighted by Gasteiger charge is 2.17. The summed E-state index contributed by atoms with van der Waals surface area (Å²) in [6, 6.07) is 7.95. The van der Waals surface area contributed by atoms with Gasteiger partial charge in [-0.15, -0.1) is 6.58 Å². The maximum absolute atomic E-state index is 12.4. The highest BCUT2D eigenvalue weighted by atomic mass is 16.2. The number of nitrogens with zero attached hydrogens (tertiary/aromatic N) is 3. The fourth-order valence-corrected chi connectivity index (χ4v) is 2.64. The maximum atomic E-state index is 12.4. The Kier molecular flexibility index (Phi) is 4.07. The SMILES string of the molecule is C=CCNc1nc2c(c(=O)[nH]c(=O)n2C)n1Cc1ccccc1C. The molecule has 7 nitrogen and oxygen atoms in total. The highest BCUT2D eigenvalue weighted by Crippen LogP contribution is 2.19. The summed E-state index contributed by atoms with van der Waals surface area (Å²) in [7, 11) is 1.59. The number of H-pyrrole nitrogens is 1. The number of aromatic amines is 1. The number of aryl methyl sites for hydroxylation is 2. The largest absolute Gasteiger partial charge is 0.352 e. The van der Waals surface area contributed by atoms with Crippen LogP contribution in [0.15, 0.2) is 46.5 Å². The third-order valence-electron chi connectivity index (χ3n) is 4.00. The summed E-state index contributed by atoms with van der Waals surface area (Å²) in [6.07, 6.45) is 1.71. The Morgan fingerprint density at radius 3 is 2.79 bits per heavy atom. The highest BCUT2D eigenvalue weighted by molar-refractivity contribution is 5.74. The van der Waals surface area contributed by atoms with E-state index in [4.69, 9.17) is 0 Å². The number of aromatic nitrogens is 4. The van der Waals surface area contributed by atoms with Gasteiger partial charge in [0.1, 0.15) is 0 Å². The molecule has 24 heavy (non-hydrogen) atoms. The molecular formula is C17H19N5O2.